The number of amides is 1. The van der Waals surface area contributed by atoms with Gasteiger partial charge in [0.25, 0.3) is 5.91 Å². The summed E-state index contributed by atoms with van der Waals surface area (Å²) in [6.45, 7) is 4.56. The molecule has 6 nitrogen and oxygen atoms in total. The number of ether oxygens (including phenoxy) is 1. The van der Waals surface area contributed by atoms with E-state index in [4.69, 9.17) is 10.5 Å². The van der Waals surface area contributed by atoms with Gasteiger partial charge in [0, 0.05) is 11.0 Å². The third-order valence-electron chi connectivity index (χ3n) is 2.55. The molecule has 1 aromatic carbocycles. The normalized spacial score (nSPS) is 12.5. The SMILES string of the molecule is C=CS(=O)(=O)C(C)NC(=O)c1ccc(OC)c(N)c1. The second-order valence-corrected chi connectivity index (χ2v) is 6.05. The van der Waals surface area contributed by atoms with Crippen molar-refractivity contribution >= 4 is 21.4 Å². The van der Waals surface area contributed by atoms with Crippen molar-refractivity contribution in [1.29, 1.82) is 0 Å². The number of sulfone groups is 1. The number of nitrogens with one attached hydrogen (secondary N) is 1. The van der Waals surface area contributed by atoms with Gasteiger partial charge in [0.1, 0.15) is 11.1 Å². The summed E-state index contributed by atoms with van der Waals surface area (Å²) in [6, 6.07) is 4.45. The minimum Gasteiger partial charge on any atom is -0.495 e. The smallest absolute Gasteiger partial charge is 0.252 e. The molecule has 1 atom stereocenters. The summed E-state index contributed by atoms with van der Waals surface area (Å²) in [4.78, 5) is 11.9. The number of nitrogens with two attached hydrogens (primary N) is 1. The minimum atomic E-state index is -3.55. The van der Waals surface area contributed by atoms with Crippen LogP contribution < -0.4 is 15.8 Å². The molecule has 0 spiro atoms. The first kappa shape index (κ1) is 15.0. The number of carbonyl (C=O) groups excluding carboxylic acids is 1. The molecule has 7 heteroatoms. The summed E-state index contributed by atoms with van der Waals surface area (Å²) in [6.07, 6.45) is 0. The number of carbonyl (C=O) groups is 1. The second-order valence-electron chi connectivity index (χ2n) is 3.83. The predicted molar refractivity (Wildman–Crippen MR) is 73.5 cm³/mol. The Labute approximate surface area is 112 Å². The maximum absolute atomic E-state index is 11.9. The average molecular weight is 284 g/mol. The Morgan fingerprint density at radius 2 is 2.16 bits per heavy atom. The minimum absolute atomic E-state index is 0.254. The van der Waals surface area contributed by atoms with E-state index in [1.807, 2.05) is 0 Å². The van der Waals surface area contributed by atoms with E-state index in [-0.39, 0.29) is 5.56 Å². The summed E-state index contributed by atoms with van der Waals surface area (Å²) in [5, 5.41) is 2.11. The highest BCUT2D eigenvalue weighted by atomic mass is 32.2. The first-order valence-corrected chi connectivity index (χ1v) is 7.03. The molecular weight excluding hydrogens is 268 g/mol. The third-order valence-corrected chi connectivity index (χ3v) is 4.12. The number of nitrogen functional groups attached to an aromatic ring is 1. The van der Waals surface area contributed by atoms with Crippen LogP contribution in [0.1, 0.15) is 17.3 Å². The van der Waals surface area contributed by atoms with E-state index in [2.05, 4.69) is 11.9 Å². The Hall–Kier alpha value is -2.02. The molecule has 0 saturated heterocycles. The molecule has 0 heterocycles. The van der Waals surface area contributed by atoms with E-state index in [1.165, 1.54) is 32.2 Å². The standard InChI is InChI=1S/C12H16N2O4S/c1-4-19(16,17)8(2)14-12(15)9-5-6-11(18-3)10(13)7-9/h4-8H,1,13H2,2-3H3,(H,14,15). The van der Waals surface area contributed by atoms with E-state index in [0.29, 0.717) is 11.4 Å². The van der Waals surface area contributed by atoms with Crippen LogP contribution in [0.3, 0.4) is 0 Å². The Balaban J connectivity index is 2.91. The maximum atomic E-state index is 11.9. The molecule has 0 bridgehead atoms. The summed E-state index contributed by atoms with van der Waals surface area (Å²) < 4.78 is 27.9. The molecule has 104 valence electrons. The largest absolute Gasteiger partial charge is 0.495 e. The zero-order valence-electron chi connectivity index (χ0n) is 10.7. The number of anilines is 1. The van der Waals surface area contributed by atoms with E-state index >= 15 is 0 Å². The van der Waals surface area contributed by atoms with Crippen LogP contribution in [0.2, 0.25) is 0 Å². The number of hydrogen-bond acceptors (Lipinski definition) is 5. The quantitative estimate of drug-likeness (QED) is 0.783. The fourth-order valence-electron chi connectivity index (χ4n) is 1.37. The summed E-state index contributed by atoms with van der Waals surface area (Å²) in [5.74, 6) is -0.0874. The molecule has 1 aromatic rings. The Morgan fingerprint density at radius 1 is 1.53 bits per heavy atom. The van der Waals surface area contributed by atoms with Crippen molar-refractivity contribution in [3.63, 3.8) is 0 Å². The fourth-order valence-corrected chi connectivity index (χ4v) is 1.93. The van der Waals surface area contributed by atoms with Crippen LogP contribution in [0.15, 0.2) is 30.2 Å². The van der Waals surface area contributed by atoms with Gasteiger partial charge in [-0.15, -0.1) is 0 Å². The van der Waals surface area contributed by atoms with E-state index in [1.54, 1.807) is 0 Å². The molecule has 1 amide bonds. The van der Waals surface area contributed by atoms with E-state index in [9.17, 15) is 13.2 Å². The molecule has 1 rings (SSSR count). The van der Waals surface area contributed by atoms with Crippen molar-refractivity contribution in [3.05, 3.63) is 35.7 Å². The Morgan fingerprint density at radius 3 is 2.63 bits per heavy atom. The van der Waals surface area contributed by atoms with Crippen molar-refractivity contribution in [1.82, 2.24) is 5.32 Å². The highest BCUT2D eigenvalue weighted by Gasteiger charge is 2.20. The highest BCUT2D eigenvalue weighted by molar-refractivity contribution is 7.94. The highest BCUT2D eigenvalue weighted by Crippen LogP contribution is 2.21. The van der Waals surface area contributed by atoms with Gasteiger partial charge in [-0.05, 0) is 25.1 Å². The fraction of sp³-hybridized carbons (Fsp3) is 0.250. The van der Waals surface area contributed by atoms with Gasteiger partial charge in [-0.3, -0.25) is 4.79 Å². The molecule has 0 aromatic heterocycles. The Kier molecular flexibility index (Phi) is 4.55. The molecule has 1 unspecified atom stereocenters. The third kappa shape index (κ3) is 3.47. The van der Waals surface area contributed by atoms with Gasteiger partial charge >= 0.3 is 0 Å². The van der Waals surface area contributed by atoms with Gasteiger partial charge in [-0.25, -0.2) is 8.42 Å². The first-order valence-electron chi connectivity index (χ1n) is 5.42. The van der Waals surface area contributed by atoms with Crippen LogP contribution in [-0.4, -0.2) is 26.8 Å². The van der Waals surface area contributed by atoms with E-state index in [0.717, 1.165) is 5.41 Å². The van der Waals surface area contributed by atoms with Gasteiger partial charge < -0.3 is 15.8 Å². The van der Waals surface area contributed by atoms with Gasteiger partial charge in [-0.1, -0.05) is 6.58 Å². The molecular formula is C12H16N2O4S. The van der Waals surface area contributed by atoms with Crippen molar-refractivity contribution < 1.29 is 17.9 Å². The molecule has 0 saturated carbocycles. The zero-order valence-corrected chi connectivity index (χ0v) is 11.5. The number of methoxy groups -OCH3 is 1. The van der Waals surface area contributed by atoms with Gasteiger partial charge in [0.15, 0.2) is 9.84 Å². The van der Waals surface area contributed by atoms with Crippen LogP contribution in [0.5, 0.6) is 5.75 Å². The molecule has 0 aliphatic carbocycles. The number of hydrogen-bond donors (Lipinski definition) is 2. The monoisotopic (exact) mass is 284 g/mol. The predicted octanol–water partition coefficient (Wildman–Crippen LogP) is 0.912. The van der Waals surface area contributed by atoms with Crippen LogP contribution in [0, 0.1) is 0 Å². The van der Waals surface area contributed by atoms with Crippen LogP contribution in [-0.2, 0) is 9.84 Å². The van der Waals surface area contributed by atoms with Gasteiger partial charge in [-0.2, -0.15) is 0 Å². The topological polar surface area (TPSA) is 98.5 Å². The average Bonchev–Trinajstić information content (AvgIpc) is 2.38. The van der Waals surface area contributed by atoms with Crippen LogP contribution >= 0.6 is 0 Å². The van der Waals surface area contributed by atoms with Gasteiger partial charge in [0.2, 0.25) is 0 Å². The van der Waals surface area contributed by atoms with Crippen LogP contribution in [0.4, 0.5) is 5.69 Å². The summed E-state index contributed by atoms with van der Waals surface area (Å²) in [7, 11) is -2.09. The van der Waals surface area contributed by atoms with Crippen molar-refractivity contribution in [3.8, 4) is 5.75 Å². The lowest BCUT2D eigenvalue weighted by Gasteiger charge is -2.13. The lowest BCUT2D eigenvalue weighted by Crippen LogP contribution is -2.37. The maximum Gasteiger partial charge on any atom is 0.252 e. The molecule has 0 aliphatic heterocycles. The van der Waals surface area contributed by atoms with Crippen molar-refractivity contribution in [2.45, 2.75) is 12.3 Å². The first-order chi connectivity index (χ1) is 8.81. The molecule has 0 fully saturated rings. The number of rotatable bonds is 5. The van der Waals surface area contributed by atoms with Crippen LogP contribution in [0.25, 0.3) is 0 Å². The summed E-state index contributed by atoms with van der Waals surface area (Å²) >= 11 is 0. The van der Waals surface area contributed by atoms with E-state index < -0.39 is 21.1 Å². The zero-order chi connectivity index (χ0) is 14.6. The molecule has 3 N–H and O–H groups in total. The number of benzene rings is 1. The van der Waals surface area contributed by atoms with Crippen molar-refractivity contribution in [2.75, 3.05) is 12.8 Å². The van der Waals surface area contributed by atoms with Gasteiger partial charge in [0.05, 0.1) is 12.8 Å². The van der Waals surface area contributed by atoms with Crippen molar-refractivity contribution in [2.24, 2.45) is 0 Å². The lowest BCUT2D eigenvalue weighted by molar-refractivity contribution is 0.0950. The summed E-state index contributed by atoms with van der Waals surface area (Å²) in [5.41, 5.74) is 6.23. The Bertz CT molecular complexity index is 596. The molecule has 0 radical (unpaired) electrons. The molecule has 0 aliphatic rings. The molecule has 19 heavy (non-hydrogen) atoms. The second kappa shape index (κ2) is 5.75. The lowest BCUT2D eigenvalue weighted by atomic mass is 10.2.